The van der Waals surface area contributed by atoms with E-state index < -0.39 is 12.1 Å². The van der Waals surface area contributed by atoms with Gasteiger partial charge in [0.15, 0.2) is 6.10 Å². The number of fused-ring (bicyclic) bond motifs is 1. The van der Waals surface area contributed by atoms with Crippen molar-refractivity contribution in [3.8, 4) is 0 Å². The molecule has 3 aromatic carbocycles. The van der Waals surface area contributed by atoms with Crippen LogP contribution in [0.2, 0.25) is 0 Å². The summed E-state index contributed by atoms with van der Waals surface area (Å²) in [5.41, 5.74) is 2.36. The fourth-order valence-electron chi connectivity index (χ4n) is 3.18. The van der Waals surface area contributed by atoms with Gasteiger partial charge in [-0.1, -0.05) is 48.5 Å². The number of hydrogen-bond acceptors (Lipinski definition) is 5. The topological polar surface area (TPSA) is 55.4 Å². The maximum Gasteiger partial charge on any atom is 0.338 e. The number of carbonyl (C=O) groups excluding carboxylic acids is 2. The molecule has 0 aromatic heterocycles. The number of thioether (sulfide) groups is 2. The lowest BCUT2D eigenvalue weighted by atomic mass is 10.1. The second-order valence-corrected chi connectivity index (χ2v) is 9.48. The number of benzene rings is 3. The lowest BCUT2D eigenvalue weighted by Crippen LogP contribution is -2.30. The Hall–Kier alpha value is -2.44. The van der Waals surface area contributed by atoms with Crippen LogP contribution in [0.4, 0.5) is 5.69 Å². The number of esters is 1. The predicted octanol–water partition coefficient (Wildman–Crippen LogP) is 5.50. The molecule has 1 atom stereocenters. The average molecular weight is 424 g/mol. The van der Waals surface area contributed by atoms with Crippen molar-refractivity contribution in [3.05, 3.63) is 77.9 Å². The maximum atomic E-state index is 12.6. The second kappa shape index (κ2) is 8.93. The summed E-state index contributed by atoms with van der Waals surface area (Å²) in [6.07, 6.45) is -0.901. The van der Waals surface area contributed by atoms with Gasteiger partial charge in [-0.2, -0.15) is 0 Å². The molecule has 1 aliphatic heterocycles. The normalized spacial score (nSPS) is 15.2. The van der Waals surface area contributed by atoms with Crippen molar-refractivity contribution < 1.29 is 14.3 Å². The summed E-state index contributed by atoms with van der Waals surface area (Å²) in [4.78, 5) is 25.0. The number of amides is 1. The summed E-state index contributed by atoms with van der Waals surface area (Å²) in [7, 11) is 0. The van der Waals surface area contributed by atoms with E-state index >= 15 is 0 Å². The molecule has 1 N–H and O–H groups in total. The summed E-state index contributed by atoms with van der Waals surface area (Å²) in [5.74, 6) is 1.46. The SMILES string of the molecule is CC(OC(=O)c1ccc(C2SCCS2)cc1)C(=O)Nc1cccc2ccccc12. The van der Waals surface area contributed by atoms with Crippen molar-refractivity contribution in [3.63, 3.8) is 0 Å². The monoisotopic (exact) mass is 423 g/mol. The third-order valence-electron chi connectivity index (χ3n) is 4.74. The summed E-state index contributed by atoms with van der Waals surface area (Å²) >= 11 is 3.84. The molecular formula is C23H21NO3S2. The lowest BCUT2D eigenvalue weighted by Gasteiger charge is -2.15. The van der Waals surface area contributed by atoms with Crippen molar-refractivity contribution >= 4 is 51.9 Å². The molecule has 29 heavy (non-hydrogen) atoms. The average Bonchev–Trinajstić information content (AvgIpc) is 3.29. The highest BCUT2D eigenvalue weighted by Gasteiger charge is 2.21. The van der Waals surface area contributed by atoms with E-state index in [9.17, 15) is 9.59 Å². The molecule has 0 saturated carbocycles. The Morgan fingerprint density at radius 2 is 1.66 bits per heavy atom. The van der Waals surface area contributed by atoms with Crippen LogP contribution in [0.5, 0.6) is 0 Å². The Morgan fingerprint density at radius 3 is 2.41 bits per heavy atom. The van der Waals surface area contributed by atoms with Crippen LogP contribution in [-0.2, 0) is 9.53 Å². The summed E-state index contributed by atoms with van der Waals surface area (Å²) in [6.45, 7) is 1.58. The van der Waals surface area contributed by atoms with Gasteiger partial charge >= 0.3 is 5.97 Å². The third-order valence-corrected chi connectivity index (χ3v) is 7.85. The molecule has 0 bridgehead atoms. The summed E-state index contributed by atoms with van der Waals surface area (Å²) in [6, 6.07) is 21.0. The Balaban J connectivity index is 1.39. The lowest BCUT2D eigenvalue weighted by molar-refractivity contribution is -0.123. The van der Waals surface area contributed by atoms with Crippen LogP contribution >= 0.6 is 23.5 Å². The largest absolute Gasteiger partial charge is 0.449 e. The Morgan fingerprint density at radius 1 is 0.966 bits per heavy atom. The molecule has 3 aromatic rings. The molecule has 0 radical (unpaired) electrons. The molecule has 0 spiro atoms. The Kier molecular flexibility index (Phi) is 6.11. The number of anilines is 1. The first-order valence-corrected chi connectivity index (χ1v) is 11.5. The number of ether oxygens (including phenoxy) is 1. The van der Waals surface area contributed by atoms with Gasteiger partial charge in [-0.05, 0) is 36.1 Å². The van der Waals surface area contributed by atoms with Crippen LogP contribution in [0.3, 0.4) is 0 Å². The van der Waals surface area contributed by atoms with Gasteiger partial charge in [-0.3, -0.25) is 4.79 Å². The highest BCUT2D eigenvalue weighted by Crippen LogP contribution is 2.45. The predicted molar refractivity (Wildman–Crippen MR) is 122 cm³/mol. The van der Waals surface area contributed by atoms with Crippen LogP contribution in [0.15, 0.2) is 66.7 Å². The third kappa shape index (κ3) is 4.60. The maximum absolute atomic E-state index is 12.6. The van der Waals surface area contributed by atoms with E-state index in [1.165, 1.54) is 5.56 Å². The van der Waals surface area contributed by atoms with Gasteiger partial charge in [0.2, 0.25) is 0 Å². The van der Waals surface area contributed by atoms with E-state index in [-0.39, 0.29) is 5.91 Å². The van der Waals surface area contributed by atoms with Gasteiger partial charge in [-0.15, -0.1) is 23.5 Å². The van der Waals surface area contributed by atoms with Gasteiger partial charge in [-0.25, -0.2) is 4.79 Å². The van der Waals surface area contributed by atoms with Crippen LogP contribution in [-0.4, -0.2) is 29.5 Å². The van der Waals surface area contributed by atoms with Crippen LogP contribution in [0, 0.1) is 0 Å². The zero-order valence-corrected chi connectivity index (χ0v) is 17.6. The van der Waals surface area contributed by atoms with Crippen molar-refractivity contribution in [1.29, 1.82) is 0 Å². The standard InChI is InChI=1S/C23H21NO3S2/c1-15(21(25)24-20-8-4-6-16-5-2-3-7-19(16)20)27-22(26)17-9-11-18(12-10-17)23-28-13-14-29-23/h2-12,15,23H,13-14H2,1H3,(H,24,25). The smallest absolute Gasteiger partial charge is 0.338 e. The first kappa shape index (κ1) is 19.9. The Bertz CT molecular complexity index is 1020. The van der Waals surface area contributed by atoms with E-state index in [0.29, 0.717) is 15.8 Å². The van der Waals surface area contributed by atoms with Crippen LogP contribution in [0.25, 0.3) is 10.8 Å². The first-order chi connectivity index (χ1) is 14.1. The second-order valence-electron chi connectivity index (χ2n) is 6.76. The van der Waals surface area contributed by atoms with Crippen molar-refractivity contribution in [2.24, 2.45) is 0 Å². The molecule has 4 nitrogen and oxygen atoms in total. The van der Waals surface area contributed by atoms with Gasteiger partial charge in [0.25, 0.3) is 5.91 Å². The molecule has 1 saturated heterocycles. The number of nitrogens with one attached hydrogen (secondary N) is 1. The highest BCUT2D eigenvalue weighted by atomic mass is 32.2. The van der Waals surface area contributed by atoms with E-state index in [1.54, 1.807) is 19.1 Å². The molecule has 1 unspecified atom stereocenters. The van der Waals surface area contributed by atoms with Gasteiger partial charge in [0, 0.05) is 22.6 Å². The van der Waals surface area contributed by atoms with Gasteiger partial charge < -0.3 is 10.1 Å². The van der Waals surface area contributed by atoms with Crippen molar-refractivity contribution in [2.45, 2.75) is 17.6 Å². The molecule has 148 valence electrons. The molecule has 1 fully saturated rings. The quantitative estimate of drug-likeness (QED) is 0.549. The fraction of sp³-hybridized carbons (Fsp3) is 0.217. The number of carbonyl (C=O) groups is 2. The van der Waals surface area contributed by atoms with Crippen molar-refractivity contribution in [2.75, 3.05) is 16.8 Å². The molecule has 1 amide bonds. The zero-order chi connectivity index (χ0) is 20.2. The molecule has 1 aliphatic rings. The van der Waals surface area contributed by atoms with Crippen molar-refractivity contribution in [1.82, 2.24) is 0 Å². The fourth-order valence-corrected chi connectivity index (χ4v) is 6.04. The van der Waals surface area contributed by atoms with E-state index in [0.717, 1.165) is 22.3 Å². The van der Waals surface area contributed by atoms with Crippen LogP contribution in [0.1, 0.15) is 27.4 Å². The molecular weight excluding hydrogens is 402 g/mol. The van der Waals surface area contributed by atoms with E-state index in [2.05, 4.69) is 5.32 Å². The van der Waals surface area contributed by atoms with Crippen LogP contribution < -0.4 is 5.32 Å². The molecule has 1 heterocycles. The number of rotatable bonds is 5. The zero-order valence-electron chi connectivity index (χ0n) is 16.0. The number of hydrogen-bond donors (Lipinski definition) is 1. The minimum absolute atomic E-state index is 0.356. The Labute approximate surface area is 178 Å². The van der Waals surface area contributed by atoms with E-state index in [4.69, 9.17) is 4.74 Å². The van der Waals surface area contributed by atoms with Gasteiger partial charge in [0.05, 0.1) is 10.1 Å². The molecule has 4 rings (SSSR count). The minimum Gasteiger partial charge on any atom is -0.449 e. The molecule has 0 aliphatic carbocycles. The summed E-state index contributed by atoms with van der Waals surface area (Å²) < 4.78 is 5.82. The molecule has 6 heteroatoms. The summed E-state index contributed by atoms with van der Waals surface area (Å²) in [5, 5.41) is 4.85. The van der Waals surface area contributed by atoms with Gasteiger partial charge in [0.1, 0.15) is 0 Å². The first-order valence-electron chi connectivity index (χ1n) is 9.44. The minimum atomic E-state index is -0.901. The van der Waals surface area contributed by atoms with E-state index in [1.807, 2.05) is 78.1 Å². The highest BCUT2D eigenvalue weighted by molar-refractivity contribution is 8.19.